The summed E-state index contributed by atoms with van der Waals surface area (Å²) in [5.74, 6) is -0.289. The average Bonchev–Trinajstić information content (AvgIpc) is 3.04. The predicted molar refractivity (Wildman–Crippen MR) is 107 cm³/mol. The molecule has 0 aliphatic carbocycles. The summed E-state index contributed by atoms with van der Waals surface area (Å²) in [5, 5.41) is 9.71. The van der Waals surface area contributed by atoms with E-state index in [0.717, 1.165) is 16.8 Å². The van der Waals surface area contributed by atoms with E-state index in [1.165, 1.54) is 0 Å². The van der Waals surface area contributed by atoms with Gasteiger partial charge in [-0.05, 0) is 31.5 Å². The van der Waals surface area contributed by atoms with Crippen LogP contribution < -0.4 is 10.6 Å². The molecule has 2 heterocycles. The maximum absolute atomic E-state index is 12.3. The van der Waals surface area contributed by atoms with E-state index in [0.29, 0.717) is 29.1 Å². The number of nitrogens with zero attached hydrogens (tertiary/aromatic N) is 3. The lowest BCUT2D eigenvalue weighted by molar-refractivity contribution is 0.0946. The smallest absolute Gasteiger partial charge is 0.255 e. The Morgan fingerprint density at radius 1 is 0.964 bits per heavy atom. The molecule has 0 atom stereocenters. The van der Waals surface area contributed by atoms with Gasteiger partial charge < -0.3 is 10.6 Å². The number of hydrogen-bond acceptors (Lipinski definition) is 4. The molecule has 0 fully saturated rings. The molecule has 2 aromatic heterocycles. The van der Waals surface area contributed by atoms with E-state index >= 15 is 0 Å². The van der Waals surface area contributed by atoms with Crippen LogP contribution in [0.25, 0.3) is 11.3 Å². The van der Waals surface area contributed by atoms with E-state index < -0.39 is 0 Å². The summed E-state index contributed by atoms with van der Waals surface area (Å²) in [5.41, 5.74) is 5.26. The number of pyridine rings is 1. The molecule has 7 heteroatoms. The van der Waals surface area contributed by atoms with Gasteiger partial charge in [-0.3, -0.25) is 19.3 Å². The van der Waals surface area contributed by atoms with Gasteiger partial charge in [-0.25, -0.2) is 0 Å². The van der Waals surface area contributed by atoms with Gasteiger partial charge in [-0.15, -0.1) is 0 Å². The molecule has 0 spiro atoms. The third-order valence-electron chi connectivity index (χ3n) is 4.52. The van der Waals surface area contributed by atoms with Crippen molar-refractivity contribution in [3.05, 3.63) is 70.7 Å². The molecular weight excluding hydrogens is 354 g/mol. The summed E-state index contributed by atoms with van der Waals surface area (Å²) >= 11 is 0. The summed E-state index contributed by atoms with van der Waals surface area (Å²) in [6.07, 6.45) is 1.71. The van der Waals surface area contributed by atoms with Crippen molar-refractivity contribution in [3.8, 4) is 11.3 Å². The van der Waals surface area contributed by atoms with Crippen LogP contribution >= 0.6 is 0 Å². The van der Waals surface area contributed by atoms with Gasteiger partial charge >= 0.3 is 0 Å². The number of hydrogen-bond donors (Lipinski definition) is 2. The molecule has 0 radical (unpaired) electrons. The van der Waals surface area contributed by atoms with E-state index in [1.807, 2.05) is 44.2 Å². The maximum atomic E-state index is 12.3. The third-order valence-corrected chi connectivity index (χ3v) is 4.52. The highest BCUT2D eigenvalue weighted by Crippen LogP contribution is 2.20. The molecule has 0 aliphatic heterocycles. The molecule has 2 N–H and O–H groups in total. The van der Waals surface area contributed by atoms with Gasteiger partial charge in [-0.2, -0.15) is 5.10 Å². The van der Waals surface area contributed by atoms with Crippen molar-refractivity contribution in [3.63, 3.8) is 0 Å². The third kappa shape index (κ3) is 4.09. The number of aryl methyl sites for hydroxylation is 3. The summed E-state index contributed by atoms with van der Waals surface area (Å²) in [6, 6.07) is 11.4. The zero-order valence-corrected chi connectivity index (χ0v) is 16.4. The van der Waals surface area contributed by atoms with Gasteiger partial charge in [0, 0.05) is 32.4 Å². The molecule has 0 saturated heterocycles. The van der Waals surface area contributed by atoms with Gasteiger partial charge in [0.2, 0.25) is 0 Å². The summed E-state index contributed by atoms with van der Waals surface area (Å²) < 4.78 is 1.63. The number of benzene rings is 1. The molecule has 144 valence electrons. The van der Waals surface area contributed by atoms with Crippen LogP contribution in [-0.4, -0.2) is 33.6 Å². The molecule has 0 saturated carbocycles. The second-order valence-electron chi connectivity index (χ2n) is 6.59. The lowest BCUT2D eigenvalue weighted by Gasteiger charge is -2.08. The van der Waals surface area contributed by atoms with Gasteiger partial charge in [0.05, 0.1) is 28.2 Å². The molecule has 3 aromatic rings. The Kier molecular flexibility index (Phi) is 5.54. The molecule has 28 heavy (non-hydrogen) atoms. The molecule has 1 aromatic carbocycles. The van der Waals surface area contributed by atoms with Crippen molar-refractivity contribution >= 4 is 11.8 Å². The Morgan fingerprint density at radius 2 is 1.68 bits per heavy atom. The molecule has 0 bridgehead atoms. The van der Waals surface area contributed by atoms with E-state index in [9.17, 15) is 9.59 Å². The van der Waals surface area contributed by atoms with Crippen molar-refractivity contribution in [1.29, 1.82) is 0 Å². The maximum Gasteiger partial charge on any atom is 0.255 e. The summed E-state index contributed by atoms with van der Waals surface area (Å²) in [7, 11) is 3.39. The highest BCUT2D eigenvalue weighted by Gasteiger charge is 2.12. The first kappa shape index (κ1) is 19.3. The first-order valence-electron chi connectivity index (χ1n) is 8.96. The van der Waals surface area contributed by atoms with Gasteiger partial charge in [0.25, 0.3) is 11.8 Å². The van der Waals surface area contributed by atoms with Crippen molar-refractivity contribution < 1.29 is 9.59 Å². The van der Waals surface area contributed by atoms with E-state index in [2.05, 4.69) is 20.7 Å². The van der Waals surface area contributed by atoms with Gasteiger partial charge in [0.15, 0.2) is 0 Å². The second-order valence-corrected chi connectivity index (χ2v) is 6.59. The fourth-order valence-corrected chi connectivity index (χ4v) is 2.99. The predicted octanol–water partition coefficient (Wildman–Crippen LogP) is 2.39. The van der Waals surface area contributed by atoms with Crippen LogP contribution in [0.4, 0.5) is 0 Å². The minimum absolute atomic E-state index is 0.142. The Labute approximate surface area is 163 Å². The number of carbonyl (C=O) groups is 2. The van der Waals surface area contributed by atoms with Crippen LogP contribution in [-0.2, 0) is 13.6 Å². The van der Waals surface area contributed by atoms with Gasteiger partial charge in [-0.1, -0.05) is 24.3 Å². The first-order valence-corrected chi connectivity index (χ1v) is 8.96. The van der Waals surface area contributed by atoms with E-state index in [1.54, 1.807) is 31.0 Å². The lowest BCUT2D eigenvalue weighted by Crippen LogP contribution is -2.23. The molecule has 7 nitrogen and oxygen atoms in total. The van der Waals surface area contributed by atoms with E-state index in [-0.39, 0.29) is 11.8 Å². The molecule has 0 aliphatic rings. The Bertz CT molecular complexity index is 1020. The van der Waals surface area contributed by atoms with Crippen LogP contribution in [0, 0.1) is 13.8 Å². The number of aromatic nitrogens is 3. The average molecular weight is 377 g/mol. The first-order chi connectivity index (χ1) is 13.4. The standard InChI is InChI=1S/C21H23N5O2/c1-13-17(20(27)22-3)9-10-19(24-13)16-7-5-15(6-8-16)11-23-21(28)18-12-26(4)25-14(18)2/h5-10,12H,11H2,1-4H3,(H,22,27)(H,23,28). The normalized spacial score (nSPS) is 10.6. The quantitative estimate of drug-likeness (QED) is 0.714. The fourth-order valence-electron chi connectivity index (χ4n) is 2.99. The van der Waals surface area contributed by atoms with E-state index in [4.69, 9.17) is 0 Å². The minimum atomic E-state index is -0.147. The Hall–Kier alpha value is -3.48. The topological polar surface area (TPSA) is 88.9 Å². The van der Waals surface area contributed by atoms with Crippen molar-refractivity contribution in [2.75, 3.05) is 7.05 Å². The molecule has 3 rings (SSSR count). The van der Waals surface area contributed by atoms with Crippen LogP contribution in [0.1, 0.15) is 37.7 Å². The Morgan fingerprint density at radius 3 is 2.25 bits per heavy atom. The zero-order chi connectivity index (χ0) is 20.3. The van der Waals surface area contributed by atoms with Crippen LogP contribution in [0.3, 0.4) is 0 Å². The fraction of sp³-hybridized carbons (Fsp3) is 0.238. The lowest BCUT2D eigenvalue weighted by atomic mass is 10.1. The van der Waals surface area contributed by atoms with Crippen LogP contribution in [0.5, 0.6) is 0 Å². The van der Waals surface area contributed by atoms with Gasteiger partial charge in [0.1, 0.15) is 0 Å². The highest BCUT2D eigenvalue weighted by atomic mass is 16.2. The number of nitrogens with one attached hydrogen (secondary N) is 2. The Balaban J connectivity index is 1.68. The van der Waals surface area contributed by atoms with Crippen molar-refractivity contribution in [2.45, 2.75) is 20.4 Å². The summed E-state index contributed by atoms with van der Waals surface area (Å²) in [4.78, 5) is 28.6. The molecule has 0 unspecified atom stereocenters. The molecular formula is C21H23N5O2. The van der Waals surface area contributed by atoms with Crippen molar-refractivity contribution in [2.24, 2.45) is 7.05 Å². The number of rotatable bonds is 5. The minimum Gasteiger partial charge on any atom is -0.355 e. The largest absolute Gasteiger partial charge is 0.355 e. The highest BCUT2D eigenvalue weighted by molar-refractivity contribution is 5.95. The van der Waals surface area contributed by atoms with Crippen LogP contribution in [0.2, 0.25) is 0 Å². The monoisotopic (exact) mass is 377 g/mol. The number of carbonyl (C=O) groups excluding carboxylic acids is 2. The summed E-state index contributed by atoms with van der Waals surface area (Å²) in [6.45, 7) is 4.06. The van der Waals surface area contributed by atoms with Crippen LogP contribution in [0.15, 0.2) is 42.6 Å². The number of amides is 2. The SMILES string of the molecule is CNC(=O)c1ccc(-c2ccc(CNC(=O)c3cn(C)nc3C)cc2)nc1C. The van der Waals surface area contributed by atoms with Crippen molar-refractivity contribution in [1.82, 2.24) is 25.4 Å². The zero-order valence-electron chi connectivity index (χ0n) is 16.4. The molecule has 2 amide bonds. The second kappa shape index (κ2) is 8.04.